The van der Waals surface area contributed by atoms with Crippen molar-refractivity contribution in [3.05, 3.63) is 59.7 Å². The summed E-state index contributed by atoms with van der Waals surface area (Å²) in [5.74, 6) is -0.333. The topological polar surface area (TPSA) is 75.9 Å². The summed E-state index contributed by atoms with van der Waals surface area (Å²) in [5.41, 5.74) is 12.1. The average molecular weight is 291 g/mol. The molecular weight excluding hydrogens is 270 g/mol. The highest BCUT2D eigenvalue weighted by atomic mass is 14.9. The number of hydrogen-bond acceptors (Lipinski definition) is 1. The van der Waals surface area contributed by atoms with Crippen molar-refractivity contribution in [2.45, 2.75) is 25.7 Å². The van der Waals surface area contributed by atoms with Gasteiger partial charge in [-0.1, -0.05) is 48.5 Å². The van der Waals surface area contributed by atoms with E-state index >= 15 is 0 Å². The Kier molecular flexibility index (Phi) is 3.96. The zero-order chi connectivity index (χ0) is 15.5. The Hall–Kier alpha value is -2.55. The molecule has 4 rings (SSSR count). The highest BCUT2D eigenvalue weighted by molar-refractivity contribution is 6.08. The molecule has 0 saturated carbocycles. The zero-order valence-corrected chi connectivity index (χ0v) is 12.6. The second-order valence-electron chi connectivity index (χ2n) is 5.75. The Labute approximate surface area is 130 Å². The van der Waals surface area contributed by atoms with Crippen LogP contribution in [0.5, 0.6) is 0 Å². The zero-order valence-electron chi connectivity index (χ0n) is 12.6. The first kappa shape index (κ1) is 14.4. The first-order chi connectivity index (χ1) is 10.7. The van der Waals surface area contributed by atoms with Crippen LogP contribution < -0.4 is 11.5 Å². The molecule has 0 fully saturated rings. The van der Waals surface area contributed by atoms with Gasteiger partial charge < -0.3 is 11.5 Å². The number of nitrogens with one attached hydrogen (secondary N) is 1. The highest BCUT2D eigenvalue weighted by Gasteiger charge is 2.13. The van der Waals surface area contributed by atoms with Crippen molar-refractivity contribution >= 4 is 27.5 Å². The number of nitrogens with two attached hydrogens (primary N) is 2. The molecule has 3 heteroatoms. The molecule has 1 aliphatic rings. The fourth-order valence-electron chi connectivity index (χ4n) is 3.34. The van der Waals surface area contributed by atoms with Crippen LogP contribution in [0.4, 0.5) is 0 Å². The molecule has 112 valence electrons. The van der Waals surface area contributed by atoms with Crippen molar-refractivity contribution in [3.63, 3.8) is 0 Å². The van der Waals surface area contributed by atoms with Crippen LogP contribution in [0.1, 0.15) is 24.0 Å². The van der Waals surface area contributed by atoms with E-state index in [1.54, 1.807) is 11.1 Å². The smallest absolute Gasteiger partial charge is 0.183 e. The fraction of sp³-hybridized carbons (Fsp3) is 0.211. The highest BCUT2D eigenvalue weighted by Crippen LogP contribution is 2.32. The normalized spacial score (nSPS) is 13.3. The molecule has 0 aliphatic heterocycles. The quantitative estimate of drug-likeness (QED) is 0.335. The second-order valence-corrected chi connectivity index (χ2v) is 5.75. The standard InChI is InChI=1S/C18H16.CH5N3/c1-3-7-15-13(5-1)9-11-18-16-8-4-2-6-14(16)10-12-17(15)18;2-1(3)4/h1,3,5,7,9-12H,2,4,6,8H2;(H5,2,3,4). The largest absolute Gasteiger partial charge is 0.370 e. The summed E-state index contributed by atoms with van der Waals surface area (Å²) in [6, 6.07) is 18.0. The maximum atomic E-state index is 6.06. The number of aryl methyl sites for hydroxylation is 2. The molecule has 0 radical (unpaired) electrons. The van der Waals surface area contributed by atoms with Gasteiger partial charge in [-0.05, 0) is 58.4 Å². The summed E-state index contributed by atoms with van der Waals surface area (Å²) in [7, 11) is 0. The lowest BCUT2D eigenvalue weighted by Crippen LogP contribution is -2.20. The number of rotatable bonds is 0. The molecular formula is C19H21N3. The van der Waals surface area contributed by atoms with Crippen molar-refractivity contribution in [1.29, 1.82) is 5.41 Å². The molecule has 0 unspecified atom stereocenters. The van der Waals surface area contributed by atoms with Gasteiger partial charge in [-0.15, -0.1) is 0 Å². The van der Waals surface area contributed by atoms with Crippen molar-refractivity contribution in [3.8, 4) is 0 Å². The van der Waals surface area contributed by atoms with E-state index in [2.05, 4.69) is 60.0 Å². The lowest BCUT2D eigenvalue weighted by atomic mass is 9.86. The molecule has 22 heavy (non-hydrogen) atoms. The molecule has 0 bridgehead atoms. The van der Waals surface area contributed by atoms with Gasteiger partial charge in [0, 0.05) is 0 Å². The SMILES string of the molecule is N=C(N)N.c1ccc2c(c1)ccc1c3c(ccc12)CCCC3. The van der Waals surface area contributed by atoms with Crippen molar-refractivity contribution in [2.24, 2.45) is 11.5 Å². The molecule has 3 nitrogen and oxygen atoms in total. The van der Waals surface area contributed by atoms with E-state index in [4.69, 9.17) is 5.41 Å². The third kappa shape index (κ3) is 2.75. The maximum absolute atomic E-state index is 6.06. The molecule has 0 spiro atoms. The molecule has 0 amide bonds. The van der Waals surface area contributed by atoms with E-state index in [0.717, 1.165) is 0 Å². The Balaban J connectivity index is 0.000000325. The van der Waals surface area contributed by atoms with E-state index in [-0.39, 0.29) is 5.96 Å². The maximum Gasteiger partial charge on any atom is 0.183 e. The molecule has 3 aromatic carbocycles. The van der Waals surface area contributed by atoms with Crippen LogP contribution in [0.3, 0.4) is 0 Å². The molecule has 0 atom stereocenters. The third-order valence-electron chi connectivity index (χ3n) is 4.26. The van der Waals surface area contributed by atoms with Crippen LogP contribution in [0.2, 0.25) is 0 Å². The predicted molar refractivity (Wildman–Crippen MR) is 94.2 cm³/mol. The lowest BCUT2D eigenvalue weighted by molar-refractivity contribution is 0.690. The lowest BCUT2D eigenvalue weighted by Gasteiger charge is -2.18. The summed E-state index contributed by atoms with van der Waals surface area (Å²) in [5, 5.41) is 11.7. The van der Waals surface area contributed by atoms with Crippen LogP contribution in [-0.2, 0) is 12.8 Å². The molecule has 1 aliphatic carbocycles. The van der Waals surface area contributed by atoms with Gasteiger partial charge in [0.25, 0.3) is 0 Å². The van der Waals surface area contributed by atoms with Crippen LogP contribution in [0, 0.1) is 5.41 Å². The third-order valence-corrected chi connectivity index (χ3v) is 4.26. The van der Waals surface area contributed by atoms with E-state index in [9.17, 15) is 0 Å². The molecule has 5 N–H and O–H groups in total. The second kappa shape index (κ2) is 6.06. The summed E-state index contributed by atoms with van der Waals surface area (Å²) < 4.78 is 0. The molecule has 0 aromatic heterocycles. The molecule has 0 heterocycles. The Morgan fingerprint density at radius 3 is 2.27 bits per heavy atom. The van der Waals surface area contributed by atoms with Gasteiger partial charge in [-0.2, -0.15) is 0 Å². The van der Waals surface area contributed by atoms with Gasteiger partial charge in [0.05, 0.1) is 0 Å². The molecule has 3 aromatic rings. The predicted octanol–water partition coefficient (Wildman–Crippen LogP) is 3.71. The summed E-state index contributed by atoms with van der Waals surface area (Å²) in [4.78, 5) is 0. The minimum absolute atomic E-state index is 0.333. The summed E-state index contributed by atoms with van der Waals surface area (Å²) in [6.07, 6.45) is 5.22. The van der Waals surface area contributed by atoms with Crippen LogP contribution >= 0.6 is 0 Å². The fourth-order valence-corrected chi connectivity index (χ4v) is 3.34. The van der Waals surface area contributed by atoms with Crippen molar-refractivity contribution in [2.75, 3.05) is 0 Å². The average Bonchev–Trinajstić information content (AvgIpc) is 2.54. The van der Waals surface area contributed by atoms with Gasteiger partial charge >= 0.3 is 0 Å². The number of hydrogen-bond donors (Lipinski definition) is 3. The minimum Gasteiger partial charge on any atom is -0.370 e. The van der Waals surface area contributed by atoms with Crippen molar-refractivity contribution in [1.82, 2.24) is 0 Å². The summed E-state index contributed by atoms with van der Waals surface area (Å²) in [6.45, 7) is 0. The van der Waals surface area contributed by atoms with E-state index in [1.807, 2.05) is 0 Å². The minimum atomic E-state index is -0.333. The number of guanidine groups is 1. The Morgan fingerprint density at radius 2 is 1.45 bits per heavy atom. The van der Waals surface area contributed by atoms with Gasteiger partial charge in [0.1, 0.15) is 0 Å². The van der Waals surface area contributed by atoms with Crippen LogP contribution in [-0.4, -0.2) is 5.96 Å². The van der Waals surface area contributed by atoms with E-state index in [1.165, 1.54) is 47.2 Å². The molecule has 0 saturated heterocycles. The van der Waals surface area contributed by atoms with Gasteiger partial charge in [-0.3, -0.25) is 5.41 Å². The Morgan fingerprint density at radius 1 is 0.773 bits per heavy atom. The van der Waals surface area contributed by atoms with E-state index < -0.39 is 0 Å². The van der Waals surface area contributed by atoms with Gasteiger partial charge in [0.2, 0.25) is 0 Å². The van der Waals surface area contributed by atoms with Crippen LogP contribution in [0.25, 0.3) is 21.5 Å². The number of benzene rings is 3. The van der Waals surface area contributed by atoms with Gasteiger partial charge in [-0.25, -0.2) is 0 Å². The van der Waals surface area contributed by atoms with Gasteiger partial charge in [0.15, 0.2) is 5.96 Å². The monoisotopic (exact) mass is 291 g/mol. The first-order valence-electron chi connectivity index (χ1n) is 7.68. The Bertz CT molecular complexity index is 833. The van der Waals surface area contributed by atoms with Crippen molar-refractivity contribution < 1.29 is 0 Å². The van der Waals surface area contributed by atoms with Crippen LogP contribution in [0.15, 0.2) is 48.5 Å². The summed E-state index contributed by atoms with van der Waals surface area (Å²) >= 11 is 0. The number of fused-ring (bicyclic) bond motifs is 5. The first-order valence-corrected chi connectivity index (χ1v) is 7.68. The van der Waals surface area contributed by atoms with E-state index in [0.29, 0.717) is 0 Å².